The number of likely N-dealkylation sites (N-methyl/N-ethyl adjacent to an activating group) is 1. The molecule has 0 saturated carbocycles. The summed E-state index contributed by atoms with van der Waals surface area (Å²) in [5, 5.41) is 0. The highest BCUT2D eigenvalue weighted by Crippen LogP contribution is 2.33. The largest absolute Gasteiger partial charge is 0.399 e. The van der Waals surface area contributed by atoms with Gasteiger partial charge in [0.2, 0.25) is 5.91 Å². The second-order valence-corrected chi connectivity index (χ2v) is 5.34. The molecule has 1 aliphatic heterocycles. The topological polar surface area (TPSA) is 49.6 Å². The standard InChI is InChI=1S/C14H21N3O/c1-16(2)14(18)13-9-17(3)8-12(13)10-5-4-6-11(15)7-10/h4-7,12-13H,8-9,15H2,1-3H3. The van der Waals surface area contributed by atoms with Gasteiger partial charge >= 0.3 is 0 Å². The lowest BCUT2D eigenvalue weighted by molar-refractivity contribution is -0.132. The molecule has 2 rings (SSSR count). The van der Waals surface area contributed by atoms with Crippen molar-refractivity contribution >= 4 is 11.6 Å². The number of anilines is 1. The first-order chi connectivity index (χ1) is 8.49. The Hall–Kier alpha value is -1.55. The molecule has 1 fully saturated rings. The van der Waals surface area contributed by atoms with Gasteiger partial charge in [-0.25, -0.2) is 0 Å². The fourth-order valence-electron chi connectivity index (χ4n) is 2.71. The molecule has 2 unspecified atom stereocenters. The number of carbonyl (C=O) groups is 1. The number of amides is 1. The third-order valence-electron chi connectivity index (χ3n) is 3.60. The van der Waals surface area contributed by atoms with Crippen LogP contribution in [0.25, 0.3) is 0 Å². The SMILES string of the molecule is CN1CC(C(=O)N(C)C)C(c2cccc(N)c2)C1. The van der Waals surface area contributed by atoms with Gasteiger partial charge in [-0.05, 0) is 24.7 Å². The van der Waals surface area contributed by atoms with Gasteiger partial charge in [-0.1, -0.05) is 12.1 Å². The van der Waals surface area contributed by atoms with Crippen LogP contribution in [-0.2, 0) is 4.79 Å². The van der Waals surface area contributed by atoms with E-state index in [0.29, 0.717) is 0 Å². The van der Waals surface area contributed by atoms with Crippen LogP contribution in [0.5, 0.6) is 0 Å². The lowest BCUT2D eigenvalue weighted by atomic mass is 9.88. The molecule has 0 aromatic heterocycles. The Morgan fingerprint density at radius 1 is 1.39 bits per heavy atom. The normalized spacial score (nSPS) is 24.2. The van der Waals surface area contributed by atoms with Gasteiger partial charge in [0.25, 0.3) is 0 Å². The highest BCUT2D eigenvalue weighted by Gasteiger charge is 2.37. The zero-order chi connectivity index (χ0) is 13.3. The Kier molecular flexibility index (Phi) is 3.57. The molecule has 1 aliphatic rings. The van der Waals surface area contributed by atoms with Crippen molar-refractivity contribution in [1.29, 1.82) is 0 Å². The summed E-state index contributed by atoms with van der Waals surface area (Å²) in [7, 11) is 5.69. The van der Waals surface area contributed by atoms with Crippen molar-refractivity contribution in [3.63, 3.8) is 0 Å². The van der Waals surface area contributed by atoms with Crippen molar-refractivity contribution in [1.82, 2.24) is 9.80 Å². The number of rotatable bonds is 2. The number of nitrogens with two attached hydrogens (primary N) is 1. The Bertz CT molecular complexity index is 444. The molecule has 2 atom stereocenters. The summed E-state index contributed by atoms with van der Waals surface area (Å²) >= 11 is 0. The molecule has 4 heteroatoms. The molecular formula is C14H21N3O. The third-order valence-corrected chi connectivity index (χ3v) is 3.60. The van der Waals surface area contributed by atoms with Crippen LogP contribution in [0.3, 0.4) is 0 Å². The molecule has 0 radical (unpaired) electrons. The molecular weight excluding hydrogens is 226 g/mol. The van der Waals surface area contributed by atoms with Crippen LogP contribution in [0.1, 0.15) is 11.5 Å². The van der Waals surface area contributed by atoms with Crippen molar-refractivity contribution in [3.05, 3.63) is 29.8 Å². The number of nitrogens with zero attached hydrogens (tertiary/aromatic N) is 2. The van der Waals surface area contributed by atoms with Gasteiger partial charge in [-0.15, -0.1) is 0 Å². The lowest BCUT2D eigenvalue weighted by Gasteiger charge is -2.21. The third kappa shape index (κ3) is 2.48. The predicted octanol–water partition coefficient (Wildman–Crippen LogP) is 1.00. The van der Waals surface area contributed by atoms with Crippen molar-refractivity contribution in [2.45, 2.75) is 5.92 Å². The molecule has 1 amide bonds. The van der Waals surface area contributed by atoms with Gasteiger partial charge in [0.15, 0.2) is 0 Å². The van der Waals surface area contributed by atoms with Crippen molar-refractivity contribution in [3.8, 4) is 0 Å². The maximum absolute atomic E-state index is 12.2. The maximum Gasteiger partial charge on any atom is 0.227 e. The van der Waals surface area contributed by atoms with Crippen LogP contribution in [-0.4, -0.2) is 49.9 Å². The van der Waals surface area contributed by atoms with E-state index in [1.54, 1.807) is 4.90 Å². The summed E-state index contributed by atoms with van der Waals surface area (Å²) in [6.07, 6.45) is 0. The summed E-state index contributed by atoms with van der Waals surface area (Å²) in [4.78, 5) is 16.1. The summed E-state index contributed by atoms with van der Waals surface area (Å²) in [5.41, 5.74) is 7.76. The molecule has 1 heterocycles. The minimum Gasteiger partial charge on any atom is -0.399 e. The lowest BCUT2D eigenvalue weighted by Crippen LogP contribution is -2.33. The summed E-state index contributed by atoms with van der Waals surface area (Å²) < 4.78 is 0. The van der Waals surface area contributed by atoms with Crippen LogP contribution in [0, 0.1) is 5.92 Å². The number of nitrogen functional groups attached to an aromatic ring is 1. The first-order valence-corrected chi connectivity index (χ1v) is 6.24. The average Bonchev–Trinajstić information content (AvgIpc) is 2.70. The van der Waals surface area contributed by atoms with Gasteiger partial charge in [-0.3, -0.25) is 4.79 Å². The molecule has 98 valence electrons. The highest BCUT2D eigenvalue weighted by molar-refractivity contribution is 5.80. The molecule has 18 heavy (non-hydrogen) atoms. The molecule has 1 aromatic carbocycles. The first kappa shape index (κ1) is 12.9. The van der Waals surface area contributed by atoms with Crippen LogP contribution in [0.4, 0.5) is 5.69 Å². The minimum atomic E-state index is 0.0341. The monoisotopic (exact) mass is 247 g/mol. The van der Waals surface area contributed by atoms with E-state index >= 15 is 0 Å². The van der Waals surface area contributed by atoms with Crippen molar-refractivity contribution in [2.75, 3.05) is 40.0 Å². The molecule has 1 aromatic rings. The molecule has 4 nitrogen and oxygen atoms in total. The number of benzene rings is 1. The first-order valence-electron chi connectivity index (χ1n) is 6.24. The fraction of sp³-hybridized carbons (Fsp3) is 0.500. The fourth-order valence-corrected chi connectivity index (χ4v) is 2.71. The second-order valence-electron chi connectivity index (χ2n) is 5.34. The van der Waals surface area contributed by atoms with E-state index in [-0.39, 0.29) is 17.7 Å². The van der Waals surface area contributed by atoms with E-state index in [9.17, 15) is 4.79 Å². The molecule has 2 N–H and O–H groups in total. The van der Waals surface area contributed by atoms with Gasteiger partial charge < -0.3 is 15.5 Å². The number of likely N-dealkylation sites (tertiary alicyclic amines) is 1. The van der Waals surface area contributed by atoms with E-state index in [2.05, 4.69) is 18.0 Å². The molecule has 0 aliphatic carbocycles. The van der Waals surface area contributed by atoms with Crippen LogP contribution < -0.4 is 5.73 Å². The number of carbonyl (C=O) groups excluding carboxylic acids is 1. The summed E-state index contributed by atoms with van der Waals surface area (Å²) in [6, 6.07) is 7.89. The van der Waals surface area contributed by atoms with Crippen molar-refractivity contribution in [2.24, 2.45) is 5.92 Å². The smallest absolute Gasteiger partial charge is 0.227 e. The van der Waals surface area contributed by atoms with Crippen LogP contribution in [0.2, 0.25) is 0 Å². The molecule has 1 saturated heterocycles. The van der Waals surface area contributed by atoms with Crippen LogP contribution in [0.15, 0.2) is 24.3 Å². The minimum absolute atomic E-state index is 0.0341. The van der Waals surface area contributed by atoms with Gasteiger partial charge in [0.05, 0.1) is 5.92 Å². The summed E-state index contributed by atoms with van der Waals surface area (Å²) in [6.45, 7) is 1.73. The van der Waals surface area contributed by atoms with Gasteiger partial charge in [-0.2, -0.15) is 0 Å². The Balaban J connectivity index is 2.27. The van der Waals surface area contributed by atoms with Gasteiger partial charge in [0.1, 0.15) is 0 Å². The summed E-state index contributed by atoms with van der Waals surface area (Å²) in [5.74, 6) is 0.479. The van der Waals surface area contributed by atoms with Crippen LogP contribution >= 0.6 is 0 Å². The zero-order valence-electron chi connectivity index (χ0n) is 11.3. The molecule has 0 bridgehead atoms. The zero-order valence-corrected chi connectivity index (χ0v) is 11.3. The Morgan fingerprint density at radius 3 is 2.72 bits per heavy atom. The Labute approximate surface area is 108 Å². The highest BCUT2D eigenvalue weighted by atomic mass is 16.2. The predicted molar refractivity (Wildman–Crippen MR) is 73.3 cm³/mol. The number of hydrogen-bond acceptors (Lipinski definition) is 3. The van der Waals surface area contributed by atoms with E-state index in [0.717, 1.165) is 18.8 Å². The number of hydrogen-bond donors (Lipinski definition) is 1. The average molecular weight is 247 g/mol. The second kappa shape index (κ2) is 4.98. The Morgan fingerprint density at radius 2 is 2.11 bits per heavy atom. The van der Waals surface area contributed by atoms with Gasteiger partial charge in [0, 0.05) is 38.8 Å². The van der Waals surface area contributed by atoms with Crippen molar-refractivity contribution < 1.29 is 4.79 Å². The quantitative estimate of drug-likeness (QED) is 0.793. The van der Waals surface area contributed by atoms with E-state index in [1.807, 2.05) is 32.3 Å². The van der Waals surface area contributed by atoms with E-state index < -0.39 is 0 Å². The van der Waals surface area contributed by atoms with E-state index in [4.69, 9.17) is 5.73 Å². The van der Waals surface area contributed by atoms with E-state index in [1.165, 1.54) is 5.56 Å². The molecule has 0 spiro atoms. The maximum atomic E-state index is 12.2.